The van der Waals surface area contributed by atoms with Gasteiger partial charge in [0.15, 0.2) is 14.6 Å². The summed E-state index contributed by atoms with van der Waals surface area (Å²) in [6.45, 7) is 3.43. The summed E-state index contributed by atoms with van der Waals surface area (Å²) in [5, 5.41) is 9.47. The fraction of sp³-hybridized carbons (Fsp3) is 0.500. The molecule has 1 N–H and O–H groups in total. The molecule has 0 bridgehead atoms. The first kappa shape index (κ1) is 16.6. The molecule has 0 saturated heterocycles. The van der Waals surface area contributed by atoms with Crippen LogP contribution >= 0.6 is 0 Å². The second kappa shape index (κ2) is 6.35. The molecule has 0 spiro atoms. The van der Waals surface area contributed by atoms with Crippen LogP contribution in [0.2, 0.25) is 0 Å². The molecule has 4 nitrogen and oxygen atoms in total. The minimum atomic E-state index is -4.29. The normalized spacial score (nSPS) is 12.3. The summed E-state index contributed by atoms with van der Waals surface area (Å²) in [5.41, 5.74) is 0. The molecule has 112 valence electrons. The second-order valence-electron chi connectivity index (χ2n) is 4.73. The molecule has 1 rings (SSSR count). The number of sulfone groups is 1. The highest BCUT2D eigenvalue weighted by Gasteiger charge is 2.50. The van der Waals surface area contributed by atoms with Gasteiger partial charge in [-0.05, 0) is 25.0 Å². The van der Waals surface area contributed by atoms with Crippen LogP contribution in [0.25, 0.3) is 0 Å². The van der Waals surface area contributed by atoms with E-state index < -0.39 is 31.3 Å². The maximum absolute atomic E-state index is 13.8. The topological polar surface area (TPSA) is 71.4 Å². The van der Waals surface area contributed by atoms with E-state index in [0.717, 1.165) is 12.1 Å². The van der Waals surface area contributed by atoms with Crippen molar-refractivity contribution in [1.82, 2.24) is 0 Å². The van der Waals surface area contributed by atoms with Crippen LogP contribution in [0, 0.1) is 5.82 Å². The number of carboxylic acid groups (broad SMARTS) is 1. The van der Waals surface area contributed by atoms with Gasteiger partial charge in [0.05, 0.1) is 0 Å². The van der Waals surface area contributed by atoms with Gasteiger partial charge < -0.3 is 5.11 Å². The van der Waals surface area contributed by atoms with Crippen LogP contribution in [-0.2, 0) is 14.6 Å². The van der Waals surface area contributed by atoms with Crippen molar-refractivity contribution in [3.63, 3.8) is 0 Å². The Kier molecular flexibility index (Phi) is 5.28. The molecule has 0 fully saturated rings. The van der Waals surface area contributed by atoms with Crippen molar-refractivity contribution in [2.45, 2.75) is 49.2 Å². The van der Waals surface area contributed by atoms with Crippen LogP contribution in [0.1, 0.15) is 39.5 Å². The monoisotopic (exact) mass is 302 g/mol. The Morgan fingerprint density at radius 2 is 1.70 bits per heavy atom. The Labute approximate surface area is 118 Å². The molecule has 0 heterocycles. The summed E-state index contributed by atoms with van der Waals surface area (Å²) in [7, 11) is -4.29. The number of benzene rings is 1. The fourth-order valence-corrected chi connectivity index (χ4v) is 4.58. The van der Waals surface area contributed by atoms with Crippen molar-refractivity contribution in [3.8, 4) is 0 Å². The maximum Gasteiger partial charge on any atom is 0.325 e. The van der Waals surface area contributed by atoms with E-state index in [1.807, 2.05) is 0 Å². The Bertz CT molecular complexity index is 575. The number of halogens is 1. The van der Waals surface area contributed by atoms with Gasteiger partial charge in [0.25, 0.3) is 0 Å². The summed E-state index contributed by atoms with van der Waals surface area (Å²) in [6, 6.07) is 4.90. The van der Waals surface area contributed by atoms with Crippen molar-refractivity contribution in [3.05, 3.63) is 30.1 Å². The van der Waals surface area contributed by atoms with Crippen LogP contribution in [-0.4, -0.2) is 24.2 Å². The van der Waals surface area contributed by atoms with Gasteiger partial charge in [-0.15, -0.1) is 0 Å². The molecular weight excluding hydrogens is 283 g/mol. The smallest absolute Gasteiger partial charge is 0.325 e. The maximum atomic E-state index is 13.8. The third-order valence-electron chi connectivity index (χ3n) is 3.34. The van der Waals surface area contributed by atoms with Crippen LogP contribution in [0.3, 0.4) is 0 Å². The molecule has 0 radical (unpaired) electrons. The van der Waals surface area contributed by atoms with E-state index >= 15 is 0 Å². The highest BCUT2D eigenvalue weighted by molar-refractivity contribution is 7.93. The first-order chi connectivity index (χ1) is 9.33. The fourth-order valence-electron chi connectivity index (χ4n) is 2.40. The van der Waals surface area contributed by atoms with Crippen molar-refractivity contribution in [2.75, 3.05) is 0 Å². The quantitative estimate of drug-likeness (QED) is 0.840. The molecule has 20 heavy (non-hydrogen) atoms. The van der Waals surface area contributed by atoms with Crippen molar-refractivity contribution in [2.24, 2.45) is 0 Å². The van der Waals surface area contributed by atoms with Crippen LogP contribution in [0.5, 0.6) is 0 Å². The van der Waals surface area contributed by atoms with Crippen LogP contribution in [0.15, 0.2) is 29.2 Å². The zero-order valence-corrected chi connectivity index (χ0v) is 12.4. The number of carboxylic acids is 1. The molecule has 0 aliphatic heterocycles. The van der Waals surface area contributed by atoms with Crippen molar-refractivity contribution >= 4 is 15.8 Å². The SMILES string of the molecule is CCCC(CCC)(C(=O)O)S(=O)(=O)c1ccccc1F. The Balaban J connectivity index is 3.54. The zero-order chi connectivity index (χ0) is 15.4. The first-order valence-corrected chi connectivity index (χ1v) is 8.04. The molecule has 0 unspecified atom stereocenters. The van der Waals surface area contributed by atoms with E-state index in [1.54, 1.807) is 13.8 Å². The largest absolute Gasteiger partial charge is 0.480 e. The number of carbonyl (C=O) groups is 1. The average Bonchev–Trinajstić information content (AvgIpc) is 2.38. The van der Waals surface area contributed by atoms with Gasteiger partial charge in [-0.25, -0.2) is 12.8 Å². The third-order valence-corrected chi connectivity index (χ3v) is 5.86. The minimum Gasteiger partial charge on any atom is -0.480 e. The molecule has 0 saturated carbocycles. The van der Waals surface area contributed by atoms with E-state index in [2.05, 4.69) is 0 Å². The number of rotatable bonds is 7. The lowest BCUT2D eigenvalue weighted by Crippen LogP contribution is -2.46. The minimum absolute atomic E-state index is 0.0349. The number of aliphatic carboxylic acids is 1. The number of hydrogen-bond acceptors (Lipinski definition) is 3. The van der Waals surface area contributed by atoms with Gasteiger partial charge >= 0.3 is 5.97 Å². The summed E-state index contributed by atoms with van der Waals surface area (Å²) in [6.07, 6.45) is 0.708. The summed E-state index contributed by atoms with van der Waals surface area (Å²) in [5.74, 6) is -2.32. The predicted molar refractivity (Wildman–Crippen MR) is 73.8 cm³/mol. The van der Waals surface area contributed by atoms with E-state index in [-0.39, 0.29) is 12.8 Å². The lowest BCUT2D eigenvalue weighted by atomic mass is 9.97. The van der Waals surface area contributed by atoms with Crippen LogP contribution < -0.4 is 0 Å². The lowest BCUT2D eigenvalue weighted by molar-refractivity contribution is -0.140. The Morgan fingerprint density at radius 1 is 1.20 bits per heavy atom. The molecule has 1 aromatic carbocycles. The van der Waals surface area contributed by atoms with Crippen molar-refractivity contribution < 1.29 is 22.7 Å². The van der Waals surface area contributed by atoms with E-state index in [4.69, 9.17) is 0 Å². The molecule has 0 aliphatic rings. The molecular formula is C14H19FO4S. The van der Waals surface area contributed by atoms with Gasteiger partial charge in [0.1, 0.15) is 10.7 Å². The lowest BCUT2D eigenvalue weighted by Gasteiger charge is -2.28. The predicted octanol–water partition coefficient (Wildman–Crippen LogP) is 3.02. The first-order valence-electron chi connectivity index (χ1n) is 6.56. The summed E-state index contributed by atoms with van der Waals surface area (Å²) < 4.78 is 37.2. The van der Waals surface area contributed by atoms with E-state index in [0.29, 0.717) is 12.8 Å². The molecule has 6 heteroatoms. The molecule has 0 amide bonds. The second-order valence-corrected chi connectivity index (χ2v) is 6.96. The zero-order valence-electron chi connectivity index (χ0n) is 11.6. The highest BCUT2D eigenvalue weighted by atomic mass is 32.2. The molecule has 0 atom stereocenters. The van der Waals surface area contributed by atoms with Gasteiger partial charge in [-0.3, -0.25) is 4.79 Å². The van der Waals surface area contributed by atoms with Gasteiger partial charge in [-0.2, -0.15) is 0 Å². The van der Waals surface area contributed by atoms with Gasteiger partial charge in [-0.1, -0.05) is 38.8 Å². The summed E-state index contributed by atoms with van der Waals surface area (Å²) in [4.78, 5) is 11.1. The van der Waals surface area contributed by atoms with Gasteiger partial charge in [0, 0.05) is 0 Å². The Hall–Kier alpha value is -1.43. The third kappa shape index (κ3) is 2.70. The molecule has 0 aliphatic carbocycles. The average molecular weight is 302 g/mol. The number of hydrogen-bond donors (Lipinski definition) is 1. The van der Waals surface area contributed by atoms with Crippen LogP contribution in [0.4, 0.5) is 4.39 Å². The van der Waals surface area contributed by atoms with Crippen molar-refractivity contribution in [1.29, 1.82) is 0 Å². The standard InChI is InChI=1S/C14H19FO4S/c1-3-9-14(10-4-2,13(16)17)20(18,19)12-8-6-5-7-11(12)15/h5-8H,3-4,9-10H2,1-2H3,(H,16,17). The molecule has 0 aromatic heterocycles. The van der Waals surface area contributed by atoms with E-state index in [1.165, 1.54) is 12.1 Å². The van der Waals surface area contributed by atoms with Gasteiger partial charge in [0.2, 0.25) is 0 Å². The van der Waals surface area contributed by atoms with E-state index in [9.17, 15) is 22.7 Å². The molecule has 1 aromatic rings. The Morgan fingerprint density at radius 3 is 2.10 bits per heavy atom. The highest BCUT2D eigenvalue weighted by Crippen LogP contribution is 2.35. The summed E-state index contributed by atoms with van der Waals surface area (Å²) >= 11 is 0.